The molecule has 0 spiro atoms. The Morgan fingerprint density at radius 1 is 1.15 bits per heavy atom. The molecule has 1 unspecified atom stereocenters. The largest absolute Gasteiger partial charge is 0.381 e. The SMILES string of the molecule is CCNC(=NCCCOC1CCOCC1)NCCCN1CCCCC1C.I. The van der Waals surface area contributed by atoms with Gasteiger partial charge in [0.25, 0.3) is 0 Å². The van der Waals surface area contributed by atoms with Crippen LogP contribution in [-0.4, -0.2) is 75.5 Å². The fraction of sp³-hybridized carbons (Fsp3) is 0.950. The van der Waals surface area contributed by atoms with Crippen molar-refractivity contribution in [1.82, 2.24) is 15.5 Å². The molecule has 0 amide bonds. The van der Waals surface area contributed by atoms with Crippen LogP contribution < -0.4 is 10.6 Å². The van der Waals surface area contributed by atoms with Gasteiger partial charge >= 0.3 is 0 Å². The first-order valence-corrected chi connectivity index (χ1v) is 10.7. The molecule has 2 saturated heterocycles. The Bertz CT molecular complexity index is 392. The molecule has 2 fully saturated rings. The number of nitrogens with one attached hydrogen (secondary N) is 2. The second kappa shape index (κ2) is 15.8. The van der Waals surface area contributed by atoms with Crippen molar-refractivity contribution in [3.8, 4) is 0 Å². The number of halogens is 1. The number of rotatable bonds is 10. The minimum Gasteiger partial charge on any atom is -0.381 e. The third kappa shape index (κ3) is 10.9. The van der Waals surface area contributed by atoms with Gasteiger partial charge in [0.15, 0.2) is 5.96 Å². The number of aliphatic imine (C=N–C) groups is 1. The smallest absolute Gasteiger partial charge is 0.191 e. The van der Waals surface area contributed by atoms with Gasteiger partial charge in [-0.25, -0.2) is 0 Å². The topological polar surface area (TPSA) is 58.1 Å². The van der Waals surface area contributed by atoms with Gasteiger partial charge in [-0.3, -0.25) is 4.99 Å². The molecule has 2 rings (SSSR count). The molecular formula is C20H41IN4O2. The highest BCUT2D eigenvalue weighted by molar-refractivity contribution is 14.0. The fourth-order valence-electron chi connectivity index (χ4n) is 3.67. The summed E-state index contributed by atoms with van der Waals surface area (Å²) >= 11 is 0. The van der Waals surface area contributed by atoms with Gasteiger partial charge in [0.2, 0.25) is 0 Å². The number of hydrogen-bond acceptors (Lipinski definition) is 4. The summed E-state index contributed by atoms with van der Waals surface area (Å²) in [6.45, 7) is 12.1. The van der Waals surface area contributed by atoms with E-state index in [-0.39, 0.29) is 24.0 Å². The number of guanidine groups is 1. The summed E-state index contributed by atoms with van der Waals surface area (Å²) in [5.41, 5.74) is 0. The maximum atomic E-state index is 5.90. The lowest BCUT2D eigenvalue weighted by atomic mass is 10.0. The van der Waals surface area contributed by atoms with Gasteiger partial charge in [-0.15, -0.1) is 24.0 Å². The van der Waals surface area contributed by atoms with E-state index in [9.17, 15) is 0 Å². The fourth-order valence-corrected chi connectivity index (χ4v) is 3.67. The molecule has 2 heterocycles. The Kier molecular flexibility index (Phi) is 14.5. The monoisotopic (exact) mass is 496 g/mol. The van der Waals surface area contributed by atoms with Crippen molar-refractivity contribution in [2.45, 2.75) is 70.9 Å². The Labute approximate surface area is 183 Å². The van der Waals surface area contributed by atoms with Crippen LogP contribution in [0.1, 0.15) is 58.8 Å². The molecule has 0 saturated carbocycles. The Morgan fingerprint density at radius 2 is 1.96 bits per heavy atom. The molecular weight excluding hydrogens is 455 g/mol. The molecule has 2 aliphatic rings. The van der Waals surface area contributed by atoms with Crippen LogP contribution in [0, 0.1) is 0 Å². The van der Waals surface area contributed by atoms with Gasteiger partial charge in [-0.05, 0) is 58.9 Å². The maximum Gasteiger partial charge on any atom is 0.191 e. The molecule has 1 atom stereocenters. The maximum absolute atomic E-state index is 5.90. The van der Waals surface area contributed by atoms with E-state index in [4.69, 9.17) is 9.47 Å². The Balaban J connectivity index is 0.00000364. The average molecular weight is 496 g/mol. The van der Waals surface area contributed by atoms with E-state index in [0.29, 0.717) is 6.10 Å². The van der Waals surface area contributed by atoms with Crippen molar-refractivity contribution in [3.63, 3.8) is 0 Å². The van der Waals surface area contributed by atoms with E-state index < -0.39 is 0 Å². The molecule has 160 valence electrons. The van der Waals surface area contributed by atoms with Gasteiger partial charge in [0.05, 0.1) is 6.10 Å². The molecule has 0 aliphatic carbocycles. The molecule has 27 heavy (non-hydrogen) atoms. The standard InChI is InChI=1S/C20H40N4O2.HI/c1-3-21-20(22-11-6-14-24-13-5-4-8-18(24)2)23-12-7-15-26-19-9-16-25-17-10-19;/h18-19H,3-17H2,1-2H3,(H2,21,22,23);1H. The van der Waals surface area contributed by atoms with Gasteiger partial charge in [0, 0.05) is 52.0 Å². The summed E-state index contributed by atoms with van der Waals surface area (Å²) in [7, 11) is 0. The summed E-state index contributed by atoms with van der Waals surface area (Å²) in [6.07, 6.45) is 8.69. The summed E-state index contributed by atoms with van der Waals surface area (Å²) in [6, 6.07) is 0.751. The first-order valence-electron chi connectivity index (χ1n) is 10.7. The van der Waals surface area contributed by atoms with Crippen LogP contribution in [0.3, 0.4) is 0 Å². The van der Waals surface area contributed by atoms with Gasteiger partial charge in [0.1, 0.15) is 0 Å². The van der Waals surface area contributed by atoms with Gasteiger partial charge in [-0.1, -0.05) is 6.42 Å². The predicted molar refractivity (Wildman–Crippen MR) is 123 cm³/mol. The molecule has 0 radical (unpaired) electrons. The van der Waals surface area contributed by atoms with Crippen LogP contribution in [0.25, 0.3) is 0 Å². The number of piperidine rings is 1. The summed E-state index contributed by atoms with van der Waals surface area (Å²) in [5.74, 6) is 0.935. The molecule has 2 aliphatic heterocycles. The molecule has 0 aromatic heterocycles. The zero-order valence-corrected chi connectivity index (χ0v) is 19.7. The van der Waals surface area contributed by atoms with Crippen LogP contribution in [-0.2, 0) is 9.47 Å². The zero-order valence-electron chi connectivity index (χ0n) is 17.4. The van der Waals surface area contributed by atoms with Crippen molar-refractivity contribution >= 4 is 29.9 Å². The average Bonchev–Trinajstić information content (AvgIpc) is 2.67. The molecule has 0 aromatic rings. The first-order chi connectivity index (χ1) is 12.8. The van der Waals surface area contributed by atoms with Crippen molar-refractivity contribution in [2.75, 3.05) is 52.5 Å². The van der Waals surface area contributed by atoms with E-state index in [1.165, 1.54) is 38.8 Å². The lowest BCUT2D eigenvalue weighted by molar-refractivity contribution is -0.0318. The molecule has 0 bridgehead atoms. The summed E-state index contributed by atoms with van der Waals surface area (Å²) in [4.78, 5) is 7.30. The van der Waals surface area contributed by atoms with Crippen LogP contribution in [0.4, 0.5) is 0 Å². The highest BCUT2D eigenvalue weighted by Crippen LogP contribution is 2.16. The minimum absolute atomic E-state index is 0. The predicted octanol–water partition coefficient (Wildman–Crippen LogP) is 3.01. The van der Waals surface area contributed by atoms with Crippen LogP contribution in [0.15, 0.2) is 4.99 Å². The van der Waals surface area contributed by atoms with E-state index in [1.807, 2.05) is 0 Å². The number of nitrogens with zero attached hydrogens (tertiary/aromatic N) is 2. The quantitative estimate of drug-likeness (QED) is 0.211. The second-order valence-corrected chi connectivity index (χ2v) is 7.46. The Hall–Kier alpha value is -0.120. The van der Waals surface area contributed by atoms with E-state index in [2.05, 4.69) is 34.4 Å². The third-order valence-corrected chi connectivity index (χ3v) is 5.29. The van der Waals surface area contributed by atoms with E-state index >= 15 is 0 Å². The van der Waals surface area contributed by atoms with Crippen LogP contribution in [0.5, 0.6) is 0 Å². The highest BCUT2D eigenvalue weighted by Gasteiger charge is 2.17. The van der Waals surface area contributed by atoms with Crippen LogP contribution in [0.2, 0.25) is 0 Å². The minimum atomic E-state index is 0. The van der Waals surface area contributed by atoms with Gasteiger partial charge in [-0.2, -0.15) is 0 Å². The van der Waals surface area contributed by atoms with E-state index in [0.717, 1.165) is 70.7 Å². The number of hydrogen-bond donors (Lipinski definition) is 2. The Morgan fingerprint density at radius 3 is 2.70 bits per heavy atom. The van der Waals surface area contributed by atoms with Gasteiger partial charge < -0.3 is 25.0 Å². The lowest BCUT2D eigenvalue weighted by Crippen LogP contribution is -2.41. The van der Waals surface area contributed by atoms with Crippen molar-refractivity contribution < 1.29 is 9.47 Å². The normalized spacial score (nSPS) is 22.3. The van der Waals surface area contributed by atoms with E-state index in [1.54, 1.807) is 0 Å². The zero-order chi connectivity index (χ0) is 18.5. The van der Waals surface area contributed by atoms with Crippen molar-refractivity contribution in [2.24, 2.45) is 4.99 Å². The lowest BCUT2D eigenvalue weighted by Gasteiger charge is -2.33. The molecule has 2 N–H and O–H groups in total. The third-order valence-electron chi connectivity index (χ3n) is 5.29. The molecule has 7 heteroatoms. The van der Waals surface area contributed by atoms with Crippen molar-refractivity contribution in [1.29, 1.82) is 0 Å². The van der Waals surface area contributed by atoms with Crippen molar-refractivity contribution in [3.05, 3.63) is 0 Å². The summed E-state index contributed by atoms with van der Waals surface area (Å²) < 4.78 is 11.3. The van der Waals surface area contributed by atoms with Crippen LogP contribution >= 0.6 is 24.0 Å². The molecule has 0 aromatic carbocycles. The first kappa shape index (κ1) is 24.9. The molecule has 6 nitrogen and oxygen atoms in total. The highest BCUT2D eigenvalue weighted by atomic mass is 127. The summed E-state index contributed by atoms with van der Waals surface area (Å²) in [5, 5.41) is 6.81. The number of ether oxygens (including phenoxy) is 2. The second-order valence-electron chi connectivity index (χ2n) is 7.46. The number of likely N-dealkylation sites (tertiary alicyclic amines) is 1.